The number of amides is 1. The summed E-state index contributed by atoms with van der Waals surface area (Å²) >= 11 is 5.82. The van der Waals surface area contributed by atoms with Crippen LogP contribution in [0.25, 0.3) is 0 Å². The fourth-order valence-electron chi connectivity index (χ4n) is 2.98. The zero-order chi connectivity index (χ0) is 16.9. The third kappa shape index (κ3) is 4.20. The summed E-state index contributed by atoms with van der Waals surface area (Å²) in [6.07, 6.45) is 1.86. The number of piperidine rings is 1. The van der Waals surface area contributed by atoms with Gasteiger partial charge in [0, 0.05) is 18.1 Å². The van der Waals surface area contributed by atoms with Crippen LogP contribution < -0.4 is 4.74 Å². The number of carbonyl (C=O) groups excluding carboxylic acids is 1. The first-order chi connectivity index (χ1) is 11.6. The fourth-order valence-corrected chi connectivity index (χ4v) is 3.10. The number of hydrogen-bond acceptors (Lipinski definition) is 3. The number of phenolic OH excluding ortho intramolecular Hbond substituents is 1. The Labute approximate surface area is 146 Å². The van der Waals surface area contributed by atoms with Gasteiger partial charge in [-0.2, -0.15) is 0 Å². The molecule has 0 bridgehead atoms. The minimum absolute atomic E-state index is 0.00843. The first-order valence-electron chi connectivity index (χ1n) is 8.07. The molecule has 0 atom stereocenters. The van der Waals surface area contributed by atoms with Crippen molar-refractivity contribution in [3.05, 3.63) is 59.1 Å². The van der Waals surface area contributed by atoms with E-state index in [4.69, 9.17) is 16.3 Å². The van der Waals surface area contributed by atoms with Crippen LogP contribution in [0.4, 0.5) is 0 Å². The van der Waals surface area contributed by atoms with E-state index < -0.39 is 0 Å². The normalized spacial score (nSPS) is 15.3. The van der Waals surface area contributed by atoms with E-state index in [0.29, 0.717) is 16.7 Å². The Bertz CT molecular complexity index is 677. The number of carbonyl (C=O) groups is 1. The van der Waals surface area contributed by atoms with Crippen LogP contribution in [0.2, 0.25) is 5.02 Å². The first-order valence-corrected chi connectivity index (χ1v) is 8.44. The molecule has 0 unspecified atom stereocenters. The summed E-state index contributed by atoms with van der Waals surface area (Å²) in [5.74, 6) is 1.37. The Morgan fingerprint density at radius 1 is 1.08 bits per heavy atom. The molecule has 5 heteroatoms. The van der Waals surface area contributed by atoms with Crippen LogP contribution in [0.15, 0.2) is 48.5 Å². The van der Waals surface area contributed by atoms with E-state index in [1.165, 1.54) is 5.56 Å². The third-order valence-electron chi connectivity index (χ3n) is 4.39. The van der Waals surface area contributed by atoms with Crippen molar-refractivity contribution in [3.8, 4) is 11.5 Å². The molecular weight excluding hydrogens is 326 g/mol. The second kappa shape index (κ2) is 7.58. The van der Waals surface area contributed by atoms with Crippen LogP contribution in [-0.4, -0.2) is 35.6 Å². The highest BCUT2D eigenvalue weighted by atomic mass is 35.5. The quantitative estimate of drug-likeness (QED) is 0.916. The van der Waals surface area contributed by atoms with E-state index in [2.05, 4.69) is 0 Å². The molecule has 1 heterocycles. The van der Waals surface area contributed by atoms with Crippen LogP contribution in [0.3, 0.4) is 0 Å². The average molecular weight is 346 g/mol. The van der Waals surface area contributed by atoms with Crippen molar-refractivity contribution in [1.29, 1.82) is 0 Å². The largest absolute Gasteiger partial charge is 0.508 e. The maximum absolute atomic E-state index is 12.3. The molecule has 1 aliphatic heterocycles. The van der Waals surface area contributed by atoms with Crippen LogP contribution in [-0.2, 0) is 4.79 Å². The van der Waals surface area contributed by atoms with E-state index in [1.54, 1.807) is 36.4 Å². The minimum Gasteiger partial charge on any atom is -0.508 e. The first kappa shape index (κ1) is 16.7. The second-order valence-electron chi connectivity index (χ2n) is 5.99. The molecule has 0 radical (unpaired) electrons. The van der Waals surface area contributed by atoms with Crippen LogP contribution in [0.5, 0.6) is 11.5 Å². The maximum atomic E-state index is 12.3. The molecule has 1 amide bonds. The number of rotatable bonds is 4. The monoisotopic (exact) mass is 345 g/mol. The lowest BCUT2D eigenvalue weighted by atomic mass is 9.89. The molecule has 2 aromatic carbocycles. The average Bonchev–Trinajstić information content (AvgIpc) is 2.62. The third-order valence-corrected chi connectivity index (χ3v) is 4.64. The van der Waals surface area contributed by atoms with Gasteiger partial charge in [0.1, 0.15) is 11.5 Å². The SMILES string of the molecule is O=C(COc1ccc(Cl)cc1)N1CCC(c2ccc(O)cc2)CC1. The lowest BCUT2D eigenvalue weighted by Crippen LogP contribution is -2.40. The van der Waals surface area contributed by atoms with Gasteiger partial charge in [0.2, 0.25) is 0 Å². The van der Waals surface area contributed by atoms with Crippen LogP contribution in [0, 0.1) is 0 Å². The number of phenols is 1. The number of hydrogen-bond donors (Lipinski definition) is 1. The van der Waals surface area contributed by atoms with Crippen molar-refractivity contribution in [2.75, 3.05) is 19.7 Å². The Morgan fingerprint density at radius 3 is 2.33 bits per heavy atom. The molecule has 1 saturated heterocycles. The van der Waals surface area contributed by atoms with Gasteiger partial charge >= 0.3 is 0 Å². The van der Waals surface area contributed by atoms with Gasteiger partial charge in [-0.25, -0.2) is 0 Å². The van der Waals surface area contributed by atoms with Gasteiger partial charge in [-0.1, -0.05) is 23.7 Å². The van der Waals surface area contributed by atoms with E-state index >= 15 is 0 Å². The second-order valence-corrected chi connectivity index (χ2v) is 6.43. The smallest absolute Gasteiger partial charge is 0.260 e. The van der Waals surface area contributed by atoms with Gasteiger partial charge in [-0.3, -0.25) is 4.79 Å². The molecule has 0 saturated carbocycles. The molecule has 2 aromatic rings. The van der Waals surface area contributed by atoms with Crippen molar-refractivity contribution in [3.63, 3.8) is 0 Å². The number of nitrogens with zero attached hydrogens (tertiary/aromatic N) is 1. The standard InChI is InChI=1S/C19H20ClNO3/c20-16-3-7-18(8-4-16)24-13-19(23)21-11-9-15(10-12-21)14-1-5-17(22)6-2-14/h1-8,15,22H,9-13H2. The summed E-state index contributed by atoms with van der Waals surface area (Å²) in [4.78, 5) is 14.1. The van der Waals surface area contributed by atoms with E-state index in [9.17, 15) is 9.90 Å². The van der Waals surface area contributed by atoms with Crippen molar-refractivity contribution in [2.45, 2.75) is 18.8 Å². The van der Waals surface area contributed by atoms with E-state index in [0.717, 1.165) is 25.9 Å². The summed E-state index contributed by atoms with van der Waals surface area (Å²) in [6.45, 7) is 1.51. The molecule has 24 heavy (non-hydrogen) atoms. The van der Waals surface area contributed by atoms with Crippen molar-refractivity contribution in [1.82, 2.24) is 4.90 Å². The highest BCUT2D eigenvalue weighted by Gasteiger charge is 2.24. The van der Waals surface area contributed by atoms with Gasteiger partial charge in [0.05, 0.1) is 0 Å². The highest BCUT2D eigenvalue weighted by molar-refractivity contribution is 6.30. The summed E-state index contributed by atoms with van der Waals surface area (Å²) in [5.41, 5.74) is 1.22. The number of aromatic hydroxyl groups is 1. The molecule has 1 fully saturated rings. The van der Waals surface area contributed by atoms with Gasteiger partial charge in [0.25, 0.3) is 5.91 Å². The highest BCUT2D eigenvalue weighted by Crippen LogP contribution is 2.29. The van der Waals surface area contributed by atoms with Gasteiger partial charge in [0.15, 0.2) is 6.61 Å². The van der Waals surface area contributed by atoms with Gasteiger partial charge in [-0.15, -0.1) is 0 Å². The topological polar surface area (TPSA) is 49.8 Å². The molecule has 0 aromatic heterocycles. The maximum Gasteiger partial charge on any atom is 0.260 e. The summed E-state index contributed by atoms with van der Waals surface area (Å²) in [5, 5.41) is 10.0. The summed E-state index contributed by atoms with van der Waals surface area (Å²) < 4.78 is 5.52. The number of benzene rings is 2. The molecule has 3 rings (SSSR count). The Kier molecular flexibility index (Phi) is 5.26. The Hall–Kier alpha value is -2.20. The molecule has 126 valence electrons. The summed E-state index contributed by atoms with van der Waals surface area (Å²) in [7, 11) is 0. The molecule has 0 spiro atoms. The predicted octanol–water partition coefficient (Wildman–Crippen LogP) is 3.83. The van der Waals surface area contributed by atoms with Crippen LogP contribution in [0.1, 0.15) is 24.3 Å². The lowest BCUT2D eigenvalue weighted by molar-refractivity contribution is -0.134. The Balaban J connectivity index is 1.48. The van der Waals surface area contributed by atoms with Crippen molar-refractivity contribution < 1.29 is 14.6 Å². The number of halogens is 1. The zero-order valence-corrected chi connectivity index (χ0v) is 14.1. The fraction of sp³-hybridized carbons (Fsp3) is 0.316. The van der Waals surface area contributed by atoms with Crippen molar-refractivity contribution >= 4 is 17.5 Å². The zero-order valence-electron chi connectivity index (χ0n) is 13.3. The van der Waals surface area contributed by atoms with E-state index in [-0.39, 0.29) is 18.3 Å². The van der Waals surface area contributed by atoms with Crippen LogP contribution >= 0.6 is 11.6 Å². The molecule has 1 N–H and O–H groups in total. The van der Waals surface area contributed by atoms with Gasteiger partial charge < -0.3 is 14.7 Å². The van der Waals surface area contributed by atoms with Gasteiger partial charge in [-0.05, 0) is 60.7 Å². The summed E-state index contributed by atoms with van der Waals surface area (Å²) in [6, 6.07) is 14.3. The molecule has 1 aliphatic rings. The number of ether oxygens (including phenoxy) is 1. The predicted molar refractivity (Wildman–Crippen MR) is 93.6 cm³/mol. The molecule has 4 nitrogen and oxygen atoms in total. The molecular formula is C19H20ClNO3. The molecule has 0 aliphatic carbocycles. The van der Waals surface area contributed by atoms with E-state index in [1.807, 2.05) is 17.0 Å². The lowest BCUT2D eigenvalue weighted by Gasteiger charge is -2.32. The Morgan fingerprint density at radius 2 is 1.71 bits per heavy atom. The number of likely N-dealkylation sites (tertiary alicyclic amines) is 1. The van der Waals surface area contributed by atoms with Crippen molar-refractivity contribution in [2.24, 2.45) is 0 Å². The minimum atomic E-state index is 0.00843.